The van der Waals surface area contributed by atoms with Gasteiger partial charge in [0.05, 0.1) is 41.2 Å². The highest BCUT2D eigenvalue weighted by Crippen LogP contribution is 2.26. The number of hydrogen-bond donors (Lipinski definition) is 1. The Morgan fingerprint density at radius 1 is 1.18 bits per heavy atom. The molecule has 3 rings (SSSR count). The first-order valence-corrected chi connectivity index (χ1v) is 10.0. The first-order valence-electron chi connectivity index (χ1n) is 8.54. The lowest BCUT2D eigenvalue weighted by Crippen LogP contribution is -2.14. The summed E-state index contributed by atoms with van der Waals surface area (Å²) in [5.41, 5.74) is 2.94. The fourth-order valence-corrected chi connectivity index (χ4v) is 4.09. The molecule has 1 heterocycles. The van der Waals surface area contributed by atoms with Gasteiger partial charge >= 0.3 is 0 Å². The van der Waals surface area contributed by atoms with Gasteiger partial charge in [-0.25, -0.2) is 8.42 Å². The van der Waals surface area contributed by atoms with Crippen molar-refractivity contribution in [3.05, 3.63) is 71.0 Å². The normalized spacial score (nSPS) is 11.1. The van der Waals surface area contributed by atoms with Crippen LogP contribution in [-0.4, -0.2) is 25.3 Å². The molecule has 0 saturated carbocycles. The number of nitrogens with zero attached hydrogens (tertiary/aromatic N) is 3. The molecular formula is C20H20N4O3S. The second-order valence-electron chi connectivity index (χ2n) is 6.27. The molecule has 144 valence electrons. The molecule has 0 atom stereocenters. The van der Waals surface area contributed by atoms with Crippen molar-refractivity contribution in [2.45, 2.75) is 25.3 Å². The maximum absolute atomic E-state index is 12.8. The van der Waals surface area contributed by atoms with E-state index in [-0.39, 0.29) is 10.5 Å². The van der Waals surface area contributed by atoms with Crippen LogP contribution >= 0.6 is 0 Å². The molecule has 1 N–H and O–H groups in total. The fourth-order valence-electron chi connectivity index (χ4n) is 2.89. The topological polar surface area (TPSA) is 97.0 Å². The summed E-state index contributed by atoms with van der Waals surface area (Å²) < 4.78 is 35.1. The van der Waals surface area contributed by atoms with Crippen LogP contribution in [0, 0.1) is 25.2 Å². The molecule has 0 amide bonds. The summed E-state index contributed by atoms with van der Waals surface area (Å²) >= 11 is 0. The van der Waals surface area contributed by atoms with Crippen LogP contribution in [0.2, 0.25) is 0 Å². The van der Waals surface area contributed by atoms with Crippen molar-refractivity contribution < 1.29 is 13.2 Å². The Morgan fingerprint density at radius 3 is 2.54 bits per heavy atom. The Kier molecular flexibility index (Phi) is 5.38. The molecule has 8 heteroatoms. The van der Waals surface area contributed by atoms with Crippen LogP contribution in [0.25, 0.3) is 0 Å². The average molecular weight is 396 g/mol. The van der Waals surface area contributed by atoms with E-state index in [1.807, 2.05) is 43.3 Å². The number of ether oxygens (including phenoxy) is 1. The molecule has 1 aromatic heterocycles. The summed E-state index contributed by atoms with van der Waals surface area (Å²) in [6.45, 7) is 4.10. The van der Waals surface area contributed by atoms with Gasteiger partial charge in [-0.3, -0.25) is 9.40 Å². The Bertz CT molecular complexity index is 1150. The number of sulfonamides is 1. The number of nitriles is 1. The second-order valence-corrected chi connectivity index (χ2v) is 7.95. The van der Waals surface area contributed by atoms with Crippen LogP contribution in [0.3, 0.4) is 0 Å². The molecule has 0 spiro atoms. The number of aryl methyl sites for hydroxylation is 1. The number of nitrogens with one attached hydrogen (secondary N) is 1. The quantitative estimate of drug-likeness (QED) is 0.690. The Balaban J connectivity index is 1.92. The standard InChI is InChI=1S/C20H20N4O3S/c1-14-20(15(2)24(22-14)13-16-7-5-4-6-8-16)23-28(25,26)18-9-10-19(27-3)17(11-18)12-21/h4-11,23H,13H2,1-3H3. The molecule has 0 fully saturated rings. The molecule has 2 aromatic carbocycles. The van der Waals surface area contributed by atoms with Crippen molar-refractivity contribution in [3.8, 4) is 11.8 Å². The number of aromatic nitrogens is 2. The van der Waals surface area contributed by atoms with Crippen molar-refractivity contribution in [2.75, 3.05) is 11.8 Å². The molecule has 0 radical (unpaired) electrons. The zero-order chi connectivity index (χ0) is 20.3. The lowest BCUT2D eigenvalue weighted by Gasteiger charge is -2.10. The van der Waals surface area contributed by atoms with E-state index in [4.69, 9.17) is 4.74 Å². The van der Waals surface area contributed by atoms with E-state index in [9.17, 15) is 13.7 Å². The summed E-state index contributed by atoms with van der Waals surface area (Å²) in [7, 11) is -2.46. The summed E-state index contributed by atoms with van der Waals surface area (Å²) in [5.74, 6) is 0.324. The molecule has 28 heavy (non-hydrogen) atoms. The van der Waals surface area contributed by atoms with Gasteiger partial charge < -0.3 is 4.74 Å². The minimum absolute atomic E-state index is 0.0144. The summed E-state index contributed by atoms with van der Waals surface area (Å²) in [5, 5.41) is 13.7. The minimum Gasteiger partial charge on any atom is -0.495 e. The van der Waals surface area contributed by atoms with E-state index in [1.54, 1.807) is 11.6 Å². The first kappa shape index (κ1) is 19.5. The lowest BCUT2D eigenvalue weighted by atomic mass is 10.2. The third-order valence-electron chi connectivity index (χ3n) is 4.39. The molecule has 7 nitrogen and oxygen atoms in total. The predicted molar refractivity (Wildman–Crippen MR) is 106 cm³/mol. The maximum atomic E-state index is 12.8. The SMILES string of the molecule is COc1ccc(S(=O)(=O)Nc2c(C)nn(Cc3ccccc3)c2C)cc1C#N. The lowest BCUT2D eigenvalue weighted by molar-refractivity contribution is 0.413. The third kappa shape index (κ3) is 3.85. The van der Waals surface area contributed by atoms with E-state index in [0.717, 1.165) is 5.56 Å². The highest BCUT2D eigenvalue weighted by atomic mass is 32.2. The van der Waals surface area contributed by atoms with Gasteiger partial charge in [0.2, 0.25) is 0 Å². The first-order chi connectivity index (χ1) is 13.4. The van der Waals surface area contributed by atoms with Gasteiger partial charge in [-0.2, -0.15) is 10.4 Å². The number of rotatable bonds is 6. The van der Waals surface area contributed by atoms with Crippen LogP contribution in [-0.2, 0) is 16.6 Å². The number of hydrogen-bond acceptors (Lipinski definition) is 5. The van der Waals surface area contributed by atoms with Gasteiger partial charge in [-0.1, -0.05) is 30.3 Å². The van der Waals surface area contributed by atoms with E-state index in [1.165, 1.54) is 25.3 Å². The van der Waals surface area contributed by atoms with Gasteiger partial charge in [0.15, 0.2) is 0 Å². The van der Waals surface area contributed by atoms with E-state index in [0.29, 0.717) is 29.4 Å². The smallest absolute Gasteiger partial charge is 0.262 e. The zero-order valence-corrected chi connectivity index (χ0v) is 16.6. The van der Waals surface area contributed by atoms with Crippen LogP contribution in [0.4, 0.5) is 5.69 Å². The Morgan fingerprint density at radius 2 is 1.89 bits per heavy atom. The van der Waals surface area contributed by atoms with Crippen LogP contribution < -0.4 is 9.46 Å². The Hall–Kier alpha value is -3.31. The van der Waals surface area contributed by atoms with E-state index in [2.05, 4.69) is 9.82 Å². The van der Waals surface area contributed by atoms with Crippen LogP contribution in [0.1, 0.15) is 22.5 Å². The summed E-state index contributed by atoms with van der Waals surface area (Å²) in [6, 6.07) is 15.9. The summed E-state index contributed by atoms with van der Waals surface area (Å²) in [4.78, 5) is -0.0144. The molecule has 0 aliphatic heterocycles. The van der Waals surface area contributed by atoms with E-state index >= 15 is 0 Å². The van der Waals surface area contributed by atoms with Crippen molar-refractivity contribution in [3.63, 3.8) is 0 Å². The molecule has 0 saturated heterocycles. The third-order valence-corrected chi connectivity index (χ3v) is 5.74. The van der Waals surface area contributed by atoms with Crippen molar-refractivity contribution >= 4 is 15.7 Å². The fraction of sp³-hybridized carbons (Fsp3) is 0.200. The zero-order valence-electron chi connectivity index (χ0n) is 15.8. The molecule has 0 aliphatic carbocycles. The number of benzene rings is 2. The number of anilines is 1. The average Bonchev–Trinajstić information content (AvgIpc) is 2.95. The summed E-state index contributed by atoms with van der Waals surface area (Å²) in [6.07, 6.45) is 0. The molecular weight excluding hydrogens is 376 g/mol. The molecule has 3 aromatic rings. The molecule has 0 unspecified atom stereocenters. The van der Waals surface area contributed by atoms with Crippen molar-refractivity contribution in [1.82, 2.24) is 9.78 Å². The van der Waals surface area contributed by atoms with Crippen LogP contribution in [0.15, 0.2) is 53.4 Å². The predicted octanol–water partition coefficient (Wildman–Crippen LogP) is 3.23. The number of methoxy groups -OCH3 is 1. The monoisotopic (exact) mass is 396 g/mol. The molecule has 0 aliphatic rings. The van der Waals surface area contributed by atoms with Gasteiger partial charge in [-0.05, 0) is 37.6 Å². The van der Waals surface area contributed by atoms with Crippen molar-refractivity contribution in [2.24, 2.45) is 0 Å². The van der Waals surface area contributed by atoms with Gasteiger partial charge in [0, 0.05) is 0 Å². The van der Waals surface area contributed by atoms with E-state index < -0.39 is 10.0 Å². The van der Waals surface area contributed by atoms with Gasteiger partial charge in [-0.15, -0.1) is 0 Å². The highest BCUT2D eigenvalue weighted by molar-refractivity contribution is 7.92. The minimum atomic E-state index is -3.89. The molecule has 0 bridgehead atoms. The van der Waals surface area contributed by atoms with Crippen LogP contribution in [0.5, 0.6) is 5.75 Å². The highest BCUT2D eigenvalue weighted by Gasteiger charge is 2.21. The Labute approximate surface area is 164 Å². The van der Waals surface area contributed by atoms with Gasteiger partial charge in [0.1, 0.15) is 11.8 Å². The van der Waals surface area contributed by atoms with Gasteiger partial charge in [0.25, 0.3) is 10.0 Å². The second kappa shape index (κ2) is 7.74. The van der Waals surface area contributed by atoms with Crippen molar-refractivity contribution in [1.29, 1.82) is 5.26 Å². The maximum Gasteiger partial charge on any atom is 0.262 e. The largest absolute Gasteiger partial charge is 0.495 e.